The summed E-state index contributed by atoms with van der Waals surface area (Å²) in [7, 11) is 0. The van der Waals surface area contributed by atoms with E-state index < -0.39 is 0 Å². The highest BCUT2D eigenvalue weighted by atomic mass is 19.1. The maximum Gasteiger partial charge on any atom is 0.128 e. The summed E-state index contributed by atoms with van der Waals surface area (Å²) in [5.74, 6) is 0.743. The number of aromatic nitrogens is 1. The lowest BCUT2D eigenvalue weighted by Crippen LogP contribution is -2.46. The Labute approximate surface area is 194 Å². The standard InChI is InChI=1S/C28H30FN3O/c1-21-24-7-2-4-9-26(24)30-28(21)25-8-3-5-10-27(25)33-20-6-15-31-16-18-32(19-17-31)23-13-11-22(29)12-14-23/h2-5,7-14,30H,6,15-20H2,1H3. The lowest BCUT2D eigenvalue weighted by atomic mass is 10.1. The first-order valence-electron chi connectivity index (χ1n) is 11.7. The van der Waals surface area contributed by atoms with Crippen molar-refractivity contribution in [3.63, 3.8) is 0 Å². The number of para-hydroxylation sites is 2. The number of aryl methyl sites for hydroxylation is 1. The van der Waals surface area contributed by atoms with Gasteiger partial charge in [-0.1, -0.05) is 30.3 Å². The topological polar surface area (TPSA) is 31.5 Å². The normalized spacial score (nSPS) is 14.7. The van der Waals surface area contributed by atoms with E-state index in [1.54, 1.807) is 0 Å². The summed E-state index contributed by atoms with van der Waals surface area (Å²) in [5.41, 5.74) is 5.74. The smallest absolute Gasteiger partial charge is 0.128 e. The molecule has 0 atom stereocenters. The zero-order valence-electron chi connectivity index (χ0n) is 19.1. The van der Waals surface area contributed by atoms with Gasteiger partial charge in [-0.25, -0.2) is 4.39 Å². The third kappa shape index (κ3) is 4.74. The van der Waals surface area contributed by atoms with Gasteiger partial charge in [0.25, 0.3) is 0 Å². The number of anilines is 1. The molecule has 2 heterocycles. The van der Waals surface area contributed by atoms with Crippen LogP contribution in [0.4, 0.5) is 10.1 Å². The first-order chi connectivity index (χ1) is 16.2. The van der Waals surface area contributed by atoms with Crippen molar-refractivity contribution in [1.82, 2.24) is 9.88 Å². The van der Waals surface area contributed by atoms with Gasteiger partial charge in [0.2, 0.25) is 0 Å². The average Bonchev–Trinajstić information content (AvgIpc) is 3.19. The summed E-state index contributed by atoms with van der Waals surface area (Å²) in [6, 6.07) is 23.5. The second-order valence-corrected chi connectivity index (χ2v) is 8.67. The third-order valence-electron chi connectivity index (χ3n) is 6.56. The molecule has 33 heavy (non-hydrogen) atoms. The first kappa shape index (κ1) is 21.5. The number of hydrogen-bond donors (Lipinski definition) is 1. The van der Waals surface area contributed by atoms with Crippen molar-refractivity contribution in [2.45, 2.75) is 13.3 Å². The van der Waals surface area contributed by atoms with Gasteiger partial charge >= 0.3 is 0 Å². The second-order valence-electron chi connectivity index (χ2n) is 8.67. The highest BCUT2D eigenvalue weighted by molar-refractivity contribution is 5.91. The fourth-order valence-corrected chi connectivity index (χ4v) is 4.70. The molecule has 1 aliphatic heterocycles. The maximum atomic E-state index is 13.2. The number of H-pyrrole nitrogens is 1. The van der Waals surface area contributed by atoms with Crippen molar-refractivity contribution < 1.29 is 9.13 Å². The van der Waals surface area contributed by atoms with Crippen LogP contribution in [0, 0.1) is 12.7 Å². The van der Waals surface area contributed by atoms with Crippen molar-refractivity contribution in [2.24, 2.45) is 0 Å². The van der Waals surface area contributed by atoms with E-state index in [1.807, 2.05) is 18.2 Å². The minimum atomic E-state index is -0.182. The fraction of sp³-hybridized carbons (Fsp3) is 0.286. The van der Waals surface area contributed by atoms with Gasteiger partial charge < -0.3 is 14.6 Å². The summed E-state index contributed by atoms with van der Waals surface area (Å²) < 4.78 is 19.4. The average molecular weight is 444 g/mol. The van der Waals surface area contributed by atoms with Crippen molar-refractivity contribution in [3.05, 3.63) is 84.2 Å². The van der Waals surface area contributed by atoms with Gasteiger partial charge in [0, 0.05) is 54.9 Å². The Hall–Kier alpha value is -3.31. The van der Waals surface area contributed by atoms with Crippen molar-refractivity contribution in [2.75, 3.05) is 44.2 Å². The summed E-state index contributed by atoms with van der Waals surface area (Å²) >= 11 is 0. The number of halogens is 1. The molecular weight excluding hydrogens is 413 g/mol. The molecule has 170 valence electrons. The van der Waals surface area contributed by atoms with Gasteiger partial charge in [-0.2, -0.15) is 0 Å². The molecular formula is C28H30FN3O. The Balaban J connectivity index is 1.15. The highest BCUT2D eigenvalue weighted by Crippen LogP contribution is 2.35. The number of nitrogens with zero attached hydrogens (tertiary/aromatic N) is 2. The largest absolute Gasteiger partial charge is 0.493 e. The lowest BCUT2D eigenvalue weighted by molar-refractivity contribution is 0.225. The lowest BCUT2D eigenvalue weighted by Gasteiger charge is -2.36. The number of fused-ring (bicyclic) bond motifs is 1. The van der Waals surface area contributed by atoms with E-state index >= 15 is 0 Å². The molecule has 1 aliphatic rings. The molecule has 5 heteroatoms. The van der Waals surface area contributed by atoms with Gasteiger partial charge in [-0.3, -0.25) is 4.90 Å². The van der Waals surface area contributed by atoms with E-state index in [-0.39, 0.29) is 5.82 Å². The van der Waals surface area contributed by atoms with E-state index in [9.17, 15) is 4.39 Å². The molecule has 0 amide bonds. The van der Waals surface area contributed by atoms with Crippen LogP contribution in [0.15, 0.2) is 72.8 Å². The number of nitrogens with one attached hydrogen (secondary N) is 1. The van der Waals surface area contributed by atoms with E-state index in [1.165, 1.54) is 23.1 Å². The Kier molecular flexibility index (Phi) is 6.31. The first-order valence-corrected chi connectivity index (χ1v) is 11.7. The molecule has 4 nitrogen and oxygen atoms in total. The van der Waals surface area contributed by atoms with Crippen LogP contribution >= 0.6 is 0 Å². The van der Waals surface area contributed by atoms with Crippen LogP contribution in [0.1, 0.15) is 12.0 Å². The molecule has 3 aromatic carbocycles. The van der Waals surface area contributed by atoms with E-state index in [0.29, 0.717) is 6.61 Å². The number of hydrogen-bond acceptors (Lipinski definition) is 3. The molecule has 1 fully saturated rings. The molecule has 0 bridgehead atoms. The van der Waals surface area contributed by atoms with E-state index in [2.05, 4.69) is 64.2 Å². The van der Waals surface area contributed by atoms with Crippen molar-refractivity contribution >= 4 is 16.6 Å². The van der Waals surface area contributed by atoms with Crippen LogP contribution in [-0.4, -0.2) is 49.2 Å². The number of benzene rings is 3. The summed E-state index contributed by atoms with van der Waals surface area (Å²) in [5, 5.41) is 1.25. The molecule has 0 aliphatic carbocycles. The third-order valence-corrected chi connectivity index (χ3v) is 6.56. The van der Waals surface area contributed by atoms with Gasteiger partial charge in [0.1, 0.15) is 11.6 Å². The number of piperazine rings is 1. The minimum absolute atomic E-state index is 0.182. The maximum absolute atomic E-state index is 13.2. The Bertz CT molecular complexity index is 1210. The minimum Gasteiger partial charge on any atom is -0.493 e. The molecule has 1 N–H and O–H groups in total. The number of ether oxygens (including phenoxy) is 1. The van der Waals surface area contributed by atoms with Crippen LogP contribution in [0.25, 0.3) is 22.2 Å². The quantitative estimate of drug-likeness (QED) is 0.362. The summed E-state index contributed by atoms with van der Waals surface area (Å²) in [6.07, 6.45) is 0.983. The SMILES string of the molecule is Cc1c(-c2ccccc2OCCCN2CCN(c3ccc(F)cc3)CC2)[nH]c2ccccc12. The molecule has 1 aromatic heterocycles. The molecule has 1 saturated heterocycles. The van der Waals surface area contributed by atoms with Crippen LogP contribution in [0.5, 0.6) is 5.75 Å². The monoisotopic (exact) mass is 443 g/mol. The summed E-state index contributed by atoms with van der Waals surface area (Å²) in [4.78, 5) is 8.38. The van der Waals surface area contributed by atoms with Gasteiger partial charge in [0.15, 0.2) is 0 Å². The molecule has 0 unspecified atom stereocenters. The summed E-state index contributed by atoms with van der Waals surface area (Å²) in [6.45, 7) is 7.84. The molecule has 4 aromatic rings. The van der Waals surface area contributed by atoms with Gasteiger partial charge in [-0.15, -0.1) is 0 Å². The van der Waals surface area contributed by atoms with Crippen molar-refractivity contribution in [1.29, 1.82) is 0 Å². The van der Waals surface area contributed by atoms with Crippen LogP contribution in [0.3, 0.4) is 0 Å². The fourth-order valence-electron chi connectivity index (χ4n) is 4.70. The number of aromatic amines is 1. The van der Waals surface area contributed by atoms with Gasteiger partial charge in [0.05, 0.1) is 12.3 Å². The van der Waals surface area contributed by atoms with E-state index in [0.717, 1.165) is 67.4 Å². The highest BCUT2D eigenvalue weighted by Gasteiger charge is 2.17. The van der Waals surface area contributed by atoms with Crippen LogP contribution in [0.2, 0.25) is 0 Å². The molecule has 0 spiro atoms. The predicted molar refractivity (Wildman–Crippen MR) is 134 cm³/mol. The Morgan fingerprint density at radius 3 is 2.39 bits per heavy atom. The van der Waals surface area contributed by atoms with Crippen LogP contribution < -0.4 is 9.64 Å². The molecule has 5 rings (SSSR count). The van der Waals surface area contributed by atoms with E-state index in [4.69, 9.17) is 4.74 Å². The van der Waals surface area contributed by atoms with Gasteiger partial charge in [-0.05, 0) is 61.4 Å². The molecule has 0 radical (unpaired) electrons. The predicted octanol–water partition coefficient (Wildman–Crippen LogP) is 5.87. The Morgan fingerprint density at radius 2 is 1.61 bits per heavy atom. The van der Waals surface area contributed by atoms with Crippen molar-refractivity contribution in [3.8, 4) is 17.0 Å². The molecule has 0 saturated carbocycles. The Morgan fingerprint density at radius 1 is 0.879 bits per heavy atom. The number of rotatable bonds is 7. The second kappa shape index (κ2) is 9.67. The van der Waals surface area contributed by atoms with Crippen LogP contribution in [-0.2, 0) is 0 Å². The zero-order valence-corrected chi connectivity index (χ0v) is 19.1. The zero-order chi connectivity index (χ0) is 22.6.